The quantitative estimate of drug-likeness (QED) is 0.225. The van der Waals surface area contributed by atoms with E-state index in [-0.39, 0.29) is 17.2 Å². The number of carbonyl (C=O) groups is 1. The van der Waals surface area contributed by atoms with Gasteiger partial charge in [-0.2, -0.15) is 5.26 Å². The molecule has 1 aliphatic heterocycles. The molecular formula is C31H32N2O4. The van der Waals surface area contributed by atoms with Crippen LogP contribution in [0.5, 0.6) is 17.2 Å². The summed E-state index contributed by atoms with van der Waals surface area (Å²) in [5, 5.41) is 9.85. The topological polar surface area (TPSA) is 94.6 Å². The number of hydrogen-bond acceptors (Lipinski definition) is 6. The maximum Gasteiger partial charge on any atom is 0.343 e. The smallest absolute Gasteiger partial charge is 0.343 e. The molecule has 0 aliphatic carbocycles. The molecule has 0 aromatic heterocycles. The van der Waals surface area contributed by atoms with E-state index in [9.17, 15) is 10.1 Å². The SMILES string of the molecule is CCCCOc1cccc(C(=O)Oc2ccc3c(c2)OC(N)=C(C#N)C3c2ccc(C(C)(C)C)cc2)c1. The molecule has 4 rings (SSSR count). The standard InChI is InChI=1S/C31H32N2O4/c1-5-6-16-35-23-9-7-8-21(17-23)30(34)36-24-14-15-25-27(18-24)37-29(33)26(19-32)28(25)20-10-12-22(13-11-20)31(2,3)4/h7-15,17-18,28H,5-6,16,33H2,1-4H3. The zero-order valence-corrected chi connectivity index (χ0v) is 21.7. The molecule has 6 heteroatoms. The molecule has 0 spiro atoms. The Bertz CT molecular complexity index is 1360. The van der Waals surface area contributed by atoms with Gasteiger partial charge in [-0.3, -0.25) is 0 Å². The van der Waals surface area contributed by atoms with Gasteiger partial charge in [-0.15, -0.1) is 0 Å². The van der Waals surface area contributed by atoms with E-state index in [4.69, 9.17) is 19.9 Å². The Hall–Kier alpha value is -4.24. The van der Waals surface area contributed by atoms with Crippen LogP contribution in [0.4, 0.5) is 0 Å². The van der Waals surface area contributed by atoms with Crippen LogP contribution in [-0.2, 0) is 5.41 Å². The highest BCUT2D eigenvalue weighted by Crippen LogP contribution is 2.43. The van der Waals surface area contributed by atoms with Crippen LogP contribution in [0.25, 0.3) is 0 Å². The molecule has 190 valence electrons. The minimum absolute atomic E-state index is 0.0129. The number of allylic oxidation sites excluding steroid dienone is 1. The summed E-state index contributed by atoms with van der Waals surface area (Å²) >= 11 is 0. The van der Waals surface area contributed by atoms with Crippen molar-refractivity contribution >= 4 is 5.97 Å². The average molecular weight is 497 g/mol. The highest BCUT2D eigenvalue weighted by atomic mass is 16.5. The molecule has 0 fully saturated rings. The fraction of sp³-hybridized carbons (Fsp3) is 0.290. The molecule has 0 radical (unpaired) electrons. The number of unbranched alkanes of at least 4 members (excludes halogenated alkanes) is 1. The summed E-state index contributed by atoms with van der Waals surface area (Å²) < 4.78 is 17.1. The molecule has 1 atom stereocenters. The van der Waals surface area contributed by atoms with E-state index >= 15 is 0 Å². The minimum Gasteiger partial charge on any atom is -0.494 e. The predicted molar refractivity (Wildman–Crippen MR) is 143 cm³/mol. The molecule has 1 aliphatic rings. The van der Waals surface area contributed by atoms with Crippen molar-refractivity contribution in [3.63, 3.8) is 0 Å². The molecule has 0 bridgehead atoms. The van der Waals surface area contributed by atoms with Crippen molar-refractivity contribution in [1.82, 2.24) is 0 Å². The van der Waals surface area contributed by atoms with E-state index in [1.807, 2.05) is 24.3 Å². The van der Waals surface area contributed by atoms with Crippen molar-refractivity contribution in [3.8, 4) is 23.3 Å². The fourth-order valence-corrected chi connectivity index (χ4v) is 4.23. The van der Waals surface area contributed by atoms with Gasteiger partial charge in [-0.25, -0.2) is 4.79 Å². The molecule has 1 heterocycles. The van der Waals surface area contributed by atoms with Crippen molar-refractivity contribution in [2.75, 3.05) is 6.61 Å². The lowest BCUT2D eigenvalue weighted by Crippen LogP contribution is -2.21. The highest BCUT2D eigenvalue weighted by molar-refractivity contribution is 5.91. The number of rotatable bonds is 7. The molecular weight excluding hydrogens is 464 g/mol. The van der Waals surface area contributed by atoms with E-state index in [1.54, 1.807) is 30.3 Å². The van der Waals surface area contributed by atoms with E-state index in [0.717, 1.165) is 24.0 Å². The number of hydrogen-bond donors (Lipinski definition) is 1. The van der Waals surface area contributed by atoms with Gasteiger partial charge >= 0.3 is 5.97 Å². The third-order valence-electron chi connectivity index (χ3n) is 6.35. The zero-order chi connectivity index (χ0) is 26.6. The summed E-state index contributed by atoms with van der Waals surface area (Å²) in [6, 6.07) is 22.5. The molecule has 0 amide bonds. The normalized spacial score (nSPS) is 14.8. The number of nitrogens with zero attached hydrogens (tertiary/aromatic N) is 1. The monoisotopic (exact) mass is 496 g/mol. The van der Waals surface area contributed by atoms with Crippen molar-refractivity contribution in [1.29, 1.82) is 5.26 Å². The summed E-state index contributed by atoms with van der Waals surface area (Å²) in [6.07, 6.45) is 1.97. The number of nitrogens with two attached hydrogens (primary N) is 1. The largest absolute Gasteiger partial charge is 0.494 e. The summed E-state index contributed by atoms with van der Waals surface area (Å²) in [7, 11) is 0. The lowest BCUT2D eigenvalue weighted by molar-refractivity contribution is 0.0734. The van der Waals surface area contributed by atoms with Crippen LogP contribution < -0.4 is 19.9 Å². The Balaban J connectivity index is 1.59. The number of carbonyl (C=O) groups excluding carboxylic acids is 1. The van der Waals surface area contributed by atoms with E-state index in [1.165, 1.54) is 5.56 Å². The van der Waals surface area contributed by atoms with E-state index < -0.39 is 5.97 Å². The first-order chi connectivity index (χ1) is 17.7. The van der Waals surface area contributed by atoms with Crippen molar-refractivity contribution in [3.05, 3.63) is 100 Å². The van der Waals surface area contributed by atoms with Gasteiger partial charge in [0.15, 0.2) is 0 Å². The van der Waals surface area contributed by atoms with Gasteiger partial charge in [-0.1, -0.05) is 70.5 Å². The highest BCUT2D eigenvalue weighted by Gasteiger charge is 2.31. The van der Waals surface area contributed by atoms with Crippen LogP contribution in [-0.4, -0.2) is 12.6 Å². The van der Waals surface area contributed by atoms with Crippen LogP contribution in [0.2, 0.25) is 0 Å². The van der Waals surface area contributed by atoms with Crippen LogP contribution in [0.1, 0.15) is 73.5 Å². The van der Waals surface area contributed by atoms with Crippen LogP contribution in [0.15, 0.2) is 78.2 Å². The number of esters is 1. The summed E-state index contributed by atoms with van der Waals surface area (Å²) in [4.78, 5) is 12.8. The average Bonchev–Trinajstić information content (AvgIpc) is 2.87. The fourth-order valence-electron chi connectivity index (χ4n) is 4.23. The summed E-state index contributed by atoms with van der Waals surface area (Å²) in [6.45, 7) is 9.15. The van der Waals surface area contributed by atoms with Gasteiger partial charge in [0.1, 0.15) is 28.9 Å². The third kappa shape index (κ3) is 5.78. The summed E-state index contributed by atoms with van der Waals surface area (Å²) in [5.41, 5.74) is 9.80. The predicted octanol–water partition coefficient (Wildman–Crippen LogP) is 6.60. The lowest BCUT2D eigenvalue weighted by Gasteiger charge is -2.27. The van der Waals surface area contributed by atoms with Gasteiger partial charge in [0, 0.05) is 11.6 Å². The van der Waals surface area contributed by atoms with Crippen LogP contribution >= 0.6 is 0 Å². The molecule has 3 aromatic rings. The molecule has 0 saturated carbocycles. The molecule has 0 saturated heterocycles. The molecule has 3 aromatic carbocycles. The zero-order valence-electron chi connectivity index (χ0n) is 21.7. The Morgan fingerprint density at radius 3 is 2.49 bits per heavy atom. The number of ether oxygens (including phenoxy) is 3. The lowest BCUT2D eigenvalue weighted by atomic mass is 9.81. The Labute approximate surface area is 218 Å². The molecule has 2 N–H and O–H groups in total. The summed E-state index contributed by atoms with van der Waals surface area (Å²) in [5.74, 6) is 0.537. The second kappa shape index (κ2) is 10.8. The van der Waals surface area contributed by atoms with Gasteiger partial charge in [0.05, 0.1) is 18.1 Å². The minimum atomic E-state index is -0.507. The van der Waals surface area contributed by atoms with Crippen molar-refractivity contribution < 1.29 is 19.0 Å². The Kier molecular flexibility index (Phi) is 7.54. The first-order valence-corrected chi connectivity index (χ1v) is 12.5. The second-order valence-electron chi connectivity index (χ2n) is 10.1. The van der Waals surface area contributed by atoms with Crippen LogP contribution in [0, 0.1) is 11.3 Å². The second-order valence-corrected chi connectivity index (χ2v) is 10.1. The van der Waals surface area contributed by atoms with Gasteiger partial charge < -0.3 is 19.9 Å². The van der Waals surface area contributed by atoms with E-state index in [2.05, 4.69) is 45.9 Å². The number of nitriles is 1. The third-order valence-corrected chi connectivity index (χ3v) is 6.35. The van der Waals surface area contributed by atoms with Gasteiger partial charge in [-0.05, 0) is 47.2 Å². The first-order valence-electron chi connectivity index (χ1n) is 12.5. The van der Waals surface area contributed by atoms with Crippen molar-refractivity contribution in [2.24, 2.45) is 5.73 Å². The number of fused-ring (bicyclic) bond motifs is 1. The molecule has 6 nitrogen and oxygen atoms in total. The molecule has 37 heavy (non-hydrogen) atoms. The van der Waals surface area contributed by atoms with Gasteiger partial charge in [0.2, 0.25) is 5.88 Å². The Morgan fingerprint density at radius 1 is 1.05 bits per heavy atom. The Morgan fingerprint density at radius 2 is 1.81 bits per heavy atom. The van der Waals surface area contributed by atoms with Crippen molar-refractivity contribution in [2.45, 2.75) is 51.9 Å². The van der Waals surface area contributed by atoms with Crippen LogP contribution in [0.3, 0.4) is 0 Å². The maximum absolute atomic E-state index is 12.8. The maximum atomic E-state index is 12.8. The van der Waals surface area contributed by atoms with E-state index in [0.29, 0.717) is 35.0 Å². The van der Waals surface area contributed by atoms with Gasteiger partial charge in [0.25, 0.3) is 0 Å². The molecule has 1 unspecified atom stereocenters. The number of benzene rings is 3. The first kappa shape index (κ1) is 25.8.